The minimum absolute atomic E-state index is 0.317. The minimum Gasteiger partial charge on any atom is -0.385 e. The van der Waals surface area contributed by atoms with Gasteiger partial charge in [0, 0.05) is 18.8 Å². The summed E-state index contributed by atoms with van der Waals surface area (Å²) in [6.45, 7) is 4.42. The van der Waals surface area contributed by atoms with Crippen LogP contribution in [0.4, 0.5) is 5.69 Å². The van der Waals surface area contributed by atoms with Crippen molar-refractivity contribution in [3.05, 3.63) is 24.3 Å². The van der Waals surface area contributed by atoms with E-state index in [2.05, 4.69) is 21.9 Å². The van der Waals surface area contributed by atoms with E-state index in [-0.39, 0.29) is 0 Å². The fraction of sp³-hybridized carbons (Fsp3) is 0.600. The lowest BCUT2D eigenvalue weighted by Crippen LogP contribution is -2.25. The molecule has 2 N–H and O–H groups in total. The molecule has 0 aliphatic heterocycles. The minimum atomic E-state index is -3.39. The molecule has 0 radical (unpaired) electrons. The molecule has 1 aromatic rings. The molecule has 0 atom stereocenters. The molecule has 1 rings (SSSR count). The summed E-state index contributed by atoms with van der Waals surface area (Å²) in [5.74, 6) is 0. The summed E-state index contributed by atoms with van der Waals surface area (Å²) in [5.41, 5.74) is 0.946. The van der Waals surface area contributed by atoms with Crippen LogP contribution in [0.2, 0.25) is 0 Å². The Morgan fingerprint density at radius 1 is 1.05 bits per heavy atom. The summed E-state index contributed by atoms with van der Waals surface area (Å²) in [4.78, 5) is 2.41. The second-order valence-electron chi connectivity index (χ2n) is 5.36. The van der Waals surface area contributed by atoms with Gasteiger partial charge in [0.1, 0.15) is 0 Å². The van der Waals surface area contributed by atoms with E-state index < -0.39 is 10.0 Å². The molecule has 0 amide bonds. The summed E-state index contributed by atoms with van der Waals surface area (Å²) in [5, 5.41) is 3.22. The molecule has 0 saturated heterocycles. The van der Waals surface area contributed by atoms with Gasteiger partial charge in [0.25, 0.3) is 0 Å². The normalized spacial score (nSPS) is 11.8. The van der Waals surface area contributed by atoms with Crippen LogP contribution in [0.3, 0.4) is 0 Å². The molecule has 0 bridgehead atoms. The largest absolute Gasteiger partial charge is 0.385 e. The lowest BCUT2D eigenvalue weighted by molar-refractivity contribution is 0.394. The highest BCUT2D eigenvalue weighted by Gasteiger charge is 2.12. The molecule has 21 heavy (non-hydrogen) atoms. The van der Waals surface area contributed by atoms with Crippen molar-refractivity contribution < 1.29 is 8.42 Å². The van der Waals surface area contributed by atoms with Gasteiger partial charge in [-0.2, -0.15) is 0 Å². The first-order valence-corrected chi connectivity index (χ1v) is 8.92. The predicted octanol–water partition coefficient (Wildman–Crippen LogP) is 2.13. The molecule has 0 fully saturated rings. The summed E-state index contributed by atoms with van der Waals surface area (Å²) in [7, 11) is 0.635. The van der Waals surface area contributed by atoms with E-state index in [0.29, 0.717) is 11.4 Å². The average molecular weight is 313 g/mol. The Morgan fingerprint density at radius 2 is 1.71 bits per heavy atom. The molecular formula is C15H27N3O2S. The van der Waals surface area contributed by atoms with E-state index in [1.807, 2.05) is 14.1 Å². The number of rotatable bonds is 10. The lowest BCUT2D eigenvalue weighted by Gasteiger charge is -2.10. The molecule has 0 unspecified atom stereocenters. The molecule has 120 valence electrons. The van der Waals surface area contributed by atoms with Crippen LogP contribution in [0.5, 0.6) is 0 Å². The van der Waals surface area contributed by atoms with Gasteiger partial charge in [0.2, 0.25) is 10.0 Å². The number of nitrogens with one attached hydrogen (secondary N) is 2. The molecule has 0 spiro atoms. The van der Waals surface area contributed by atoms with Crippen molar-refractivity contribution >= 4 is 15.7 Å². The van der Waals surface area contributed by atoms with E-state index in [4.69, 9.17) is 0 Å². The maximum atomic E-state index is 12.1. The Kier molecular flexibility index (Phi) is 7.71. The number of sulfonamides is 1. The zero-order valence-electron chi connectivity index (χ0n) is 13.2. The molecule has 5 nitrogen and oxygen atoms in total. The molecule has 0 aliphatic carbocycles. The molecule has 0 heterocycles. The Hall–Kier alpha value is -1.11. The van der Waals surface area contributed by atoms with E-state index in [9.17, 15) is 8.42 Å². The second kappa shape index (κ2) is 9.02. The first kappa shape index (κ1) is 17.9. The first-order valence-electron chi connectivity index (χ1n) is 7.44. The molecule has 0 aliphatic rings. The number of unbranched alkanes of at least 4 members (excludes halogenated alkanes) is 1. The highest BCUT2D eigenvalue weighted by molar-refractivity contribution is 7.89. The second-order valence-corrected chi connectivity index (χ2v) is 7.13. The number of benzene rings is 1. The topological polar surface area (TPSA) is 61.4 Å². The smallest absolute Gasteiger partial charge is 0.240 e. The van der Waals surface area contributed by atoms with Crippen LogP contribution in [-0.2, 0) is 10.0 Å². The molecular weight excluding hydrogens is 286 g/mol. The predicted molar refractivity (Wildman–Crippen MR) is 88.2 cm³/mol. The van der Waals surface area contributed by atoms with E-state index >= 15 is 0 Å². The maximum Gasteiger partial charge on any atom is 0.240 e. The van der Waals surface area contributed by atoms with Gasteiger partial charge in [-0.15, -0.1) is 0 Å². The zero-order chi connectivity index (χ0) is 15.7. The van der Waals surface area contributed by atoms with E-state index in [1.165, 1.54) is 0 Å². The van der Waals surface area contributed by atoms with Gasteiger partial charge >= 0.3 is 0 Å². The SMILES string of the molecule is CCCNc1ccc(S(=O)(=O)NCCCCN(C)C)cc1. The number of anilines is 1. The van der Waals surface area contributed by atoms with Crippen LogP contribution in [-0.4, -0.2) is 47.0 Å². The highest BCUT2D eigenvalue weighted by atomic mass is 32.2. The number of nitrogens with zero attached hydrogens (tertiary/aromatic N) is 1. The number of hydrogen-bond acceptors (Lipinski definition) is 4. The summed E-state index contributed by atoms with van der Waals surface area (Å²) in [6, 6.07) is 6.88. The van der Waals surface area contributed by atoms with Gasteiger partial charge in [0.15, 0.2) is 0 Å². The third-order valence-corrected chi connectivity index (χ3v) is 4.54. The average Bonchev–Trinajstić information content (AvgIpc) is 2.44. The summed E-state index contributed by atoms with van der Waals surface area (Å²) >= 11 is 0. The van der Waals surface area contributed by atoms with E-state index in [1.54, 1.807) is 24.3 Å². The van der Waals surface area contributed by atoms with Crippen molar-refractivity contribution in [2.45, 2.75) is 31.1 Å². The third kappa shape index (κ3) is 6.93. The van der Waals surface area contributed by atoms with Gasteiger partial charge in [-0.3, -0.25) is 0 Å². The molecule has 6 heteroatoms. The Morgan fingerprint density at radius 3 is 2.29 bits per heavy atom. The van der Waals surface area contributed by atoms with Crippen LogP contribution in [0.15, 0.2) is 29.2 Å². The van der Waals surface area contributed by atoms with Crippen LogP contribution in [0.25, 0.3) is 0 Å². The van der Waals surface area contributed by atoms with Crippen molar-refractivity contribution in [1.82, 2.24) is 9.62 Å². The summed E-state index contributed by atoms with van der Waals surface area (Å²) < 4.78 is 26.9. The Balaban J connectivity index is 2.46. The lowest BCUT2D eigenvalue weighted by atomic mass is 10.3. The first-order chi connectivity index (χ1) is 9.95. The fourth-order valence-electron chi connectivity index (χ4n) is 1.86. The van der Waals surface area contributed by atoms with Crippen LogP contribution >= 0.6 is 0 Å². The van der Waals surface area contributed by atoms with Gasteiger partial charge in [-0.05, 0) is 64.2 Å². The third-order valence-electron chi connectivity index (χ3n) is 3.07. The number of hydrogen-bond donors (Lipinski definition) is 2. The van der Waals surface area contributed by atoms with Crippen LogP contribution in [0, 0.1) is 0 Å². The molecule has 1 aromatic carbocycles. The monoisotopic (exact) mass is 313 g/mol. The van der Waals surface area contributed by atoms with Crippen molar-refractivity contribution in [3.8, 4) is 0 Å². The Labute approximate surface area is 128 Å². The Bertz CT molecular complexity index is 498. The zero-order valence-corrected chi connectivity index (χ0v) is 14.0. The van der Waals surface area contributed by atoms with Crippen LogP contribution in [0.1, 0.15) is 26.2 Å². The van der Waals surface area contributed by atoms with Crippen molar-refractivity contribution in [2.75, 3.05) is 39.0 Å². The van der Waals surface area contributed by atoms with Gasteiger partial charge in [-0.25, -0.2) is 13.1 Å². The van der Waals surface area contributed by atoms with Gasteiger partial charge < -0.3 is 10.2 Å². The fourth-order valence-corrected chi connectivity index (χ4v) is 2.94. The van der Waals surface area contributed by atoms with Crippen molar-refractivity contribution in [2.24, 2.45) is 0 Å². The highest BCUT2D eigenvalue weighted by Crippen LogP contribution is 2.14. The van der Waals surface area contributed by atoms with Crippen molar-refractivity contribution in [1.29, 1.82) is 0 Å². The summed E-state index contributed by atoms with van der Waals surface area (Å²) in [6.07, 6.45) is 2.86. The van der Waals surface area contributed by atoms with E-state index in [0.717, 1.165) is 38.0 Å². The van der Waals surface area contributed by atoms with Crippen molar-refractivity contribution in [3.63, 3.8) is 0 Å². The standard InChI is InChI=1S/C15H27N3O2S/c1-4-11-16-14-7-9-15(10-8-14)21(19,20)17-12-5-6-13-18(2)3/h7-10,16-17H,4-6,11-13H2,1-3H3. The molecule has 0 aromatic heterocycles. The quantitative estimate of drug-likeness (QED) is 0.650. The molecule has 0 saturated carbocycles. The van der Waals surface area contributed by atoms with Gasteiger partial charge in [0.05, 0.1) is 4.90 Å². The van der Waals surface area contributed by atoms with Gasteiger partial charge in [-0.1, -0.05) is 6.92 Å². The maximum absolute atomic E-state index is 12.1. The van der Waals surface area contributed by atoms with Crippen LogP contribution < -0.4 is 10.0 Å².